The lowest BCUT2D eigenvalue weighted by Crippen LogP contribution is -2.45. The number of rotatable bonds is 40. The van der Waals surface area contributed by atoms with Crippen LogP contribution in [0.1, 0.15) is 239 Å². The summed E-state index contributed by atoms with van der Waals surface area (Å²) in [6.07, 6.45) is 52.5. The number of carbonyl (C=O) groups excluding carboxylic acids is 1. The van der Waals surface area contributed by atoms with Crippen LogP contribution in [0.15, 0.2) is 24.3 Å². The Morgan fingerprint density at radius 3 is 1.27 bits per heavy atom. The van der Waals surface area contributed by atoms with Gasteiger partial charge in [0.2, 0.25) is 5.91 Å². The van der Waals surface area contributed by atoms with Crippen molar-refractivity contribution in [3.05, 3.63) is 24.3 Å². The minimum atomic E-state index is -0.659. The number of hydrogen-bond donors (Lipinski definition) is 3. The highest BCUT2D eigenvalue weighted by Gasteiger charge is 2.20. The summed E-state index contributed by atoms with van der Waals surface area (Å²) in [7, 11) is 0. The molecule has 0 saturated carbocycles. The first-order valence-electron chi connectivity index (χ1n) is 22.0. The molecule has 4 nitrogen and oxygen atoms in total. The summed E-state index contributed by atoms with van der Waals surface area (Å²) in [5.41, 5.74) is 0. The van der Waals surface area contributed by atoms with Crippen LogP contribution >= 0.6 is 0 Å². The number of allylic oxidation sites excluding steroid dienone is 4. The Bertz CT molecular complexity index is 705. The van der Waals surface area contributed by atoms with Crippen LogP contribution < -0.4 is 5.32 Å². The second kappa shape index (κ2) is 41.3. The van der Waals surface area contributed by atoms with Crippen LogP contribution in [0.4, 0.5) is 0 Å². The van der Waals surface area contributed by atoms with Crippen molar-refractivity contribution in [2.75, 3.05) is 6.61 Å². The molecule has 1 amide bonds. The zero-order chi connectivity index (χ0) is 35.7. The number of amides is 1. The van der Waals surface area contributed by atoms with Gasteiger partial charge >= 0.3 is 0 Å². The topological polar surface area (TPSA) is 69.6 Å². The Morgan fingerprint density at radius 1 is 0.490 bits per heavy atom. The smallest absolute Gasteiger partial charge is 0.220 e. The Balaban J connectivity index is 3.51. The lowest BCUT2D eigenvalue weighted by molar-refractivity contribution is -0.123. The fraction of sp³-hybridized carbons (Fsp3) is 0.889. The minimum Gasteiger partial charge on any atom is -0.394 e. The maximum Gasteiger partial charge on any atom is 0.220 e. The summed E-state index contributed by atoms with van der Waals surface area (Å²) in [6, 6.07) is -0.536. The van der Waals surface area contributed by atoms with Gasteiger partial charge in [0, 0.05) is 6.42 Å². The summed E-state index contributed by atoms with van der Waals surface area (Å²) in [5.74, 6) is -0.0343. The van der Waals surface area contributed by atoms with Crippen molar-refractivity contribution in [2.45, 2.75) is 251 Å². The molecule has 0 aromatic carbocycles. The number of unbranched alkanes of at least 4 members (excludes halogenated alkanes) is 29. The highest BCUT2D eigenvalue weighted by atomic mass is 16.3. The Labute approximate surface area is 307 Å². The van der Waals surface area contributed by atoms with Crippen molar-refractivity contribution >= 4 is 5.91 Å². The van der Waals surface area contributed by atoms with E-state index in [0.29, 0.717) is 12.8 Å². The first-order chi connectivity index (χ1) is 24.2. The van der Waals surface area contributed by atoms with Crippen molar-refractivity contribution in [3.63, 3.8) is 0 Å². The van der Waals surface area contributed by atoms with Gasteiger partial charge in [-0.2, -0.15) is 0 Å². The molecule has 0 spiro atoms. The summed E-state index contributed by atoms with van der Waals surface area (Å²) >= 11 is 0. The van der Waals surface area contributed by atoms with Gasteiger partial charge in [0.15, 0.2) is 0 Å². The summed E-state index contributed by atoms with van der Waals surface area (Å²) in [5, 5.41) is 23.2. The third kappa shape index (κ3) is 37.9. The molecule has 0 radical (unpaired) electrons. The fourth-order valence-electron chi connectivity index (χ4n) is 6.80. The minimum absolute atomic E-state index is 0.0343. The summed E-state index contributed by atoms with van der Waals surface area (Å²) in [6.45, 7) is 4.34. The summed E-state index contributed by atoms with van der Waals surface area (Å²) in [4.78, 5) is 12.4. The van der Waals surface area contributed by atoms with E-state index >= 15 is 0 Å². The van der Waals surface area contributed by atoms with E-state index < -0.39 is 12.1 Å². The van der Waals surface area contributed by atoms with E-state index in [1.165, 1.54) is 180 Å². The van der Waals surface area contributed by atoms with Crippen molar-refractivity contribution in [3.8, 4) is 0 Å². The van der Waals surface area contributed by atoms with E-state index in [1.54, 1.807) is 0 Å². The van der Waals surface area contributed by atoms with Crippen molar-refractivity contribution in [1.82, 2.24) is 5.32 Å². The van der Waals surface area contributed by atoms with Crippen molar-refractivity contribution < 1.29 is 15.0 Å². The number of aliphatic hydroxyl groups excluding tert-OH is 2. The Kier molecular flexibility index (Phi) is 40.3. The van der Waals surface area contributed by atoms with Crippen LogP contribution in [-0.4, -0.2) is 34.9 Å². The molecule has 0 saturated heterocycles. The van der Waals surface area contributed by atoms with Gasteiger partial charge in [0.05, 0.1) is 18.8 Å². The van der Waals surface area contributed by atoms with Gasteiger partial charge in [-0.05, 0) is 44.9 Å². The first-order valence-corrected chi connectivity index (χ1v) is 22.0. The maximum atomic E-state index is 12.4. The molecule has 0 fully saturated rings. The van der Waals surface area contributed by atoms with Crippen LogP contribution in [0.25, 0.3) is 0 Å². The lowest BCUT2D eigenvalue weighted by atomic mass is 10.0. The number of aliphatic hydroxyl groups is 2. The van der Waals surface area contributed by atoms with Gasteiger partial charge in [-0.1, -0.05) is 212 Å². The average molecular weight is 690 g/mol. The predicted octanol–water partition coefficient (Wildman–Crippen LogP) is 13.6. The highest BCUT2D eigenvalue weighted by molar-refractivity contribution is 5.76. The SMILES string of the molecule is CCCCC/C=C\C/C=C\CCCCCCCCCCCC(=O)NC(CO)C(O)CCCCCCCCCCCCCCCCCCCC. The third-order valence-corrected chi connectivity index (χ3v) is 10.2. The van der Waals surface area contributed by atoms with Crippen molar-refractivity contribution in [2.24, 2.45) is 0 Å². The van der Waals surface area contributed by atoms with E-state index in [9.17, 15) is 15.0 Å². The Morgan fingerprint density at radius 2 is 0.837 bits per heavy atom. The molecule has 49 heavy (non-hydrogen) atoms. The molecule has 0 bridgehead atoms. The molecular formula is C45H87NO3. The molecule has 0 aliphatic rings. The zero-order valence-electron chi connectivity index (χ0n) is 33.2. The highest BCUT2D eigenvalue weighted by Crippen LogP contribution is 2.16. The van der Waals surface area contributed by atoms with Crippen LogP contribution in [0.2, 0.25) is 0 Å². The first kappa shape index (κ1) is 47.9. The monoisotopic (exact) mass is 690 g/mol. The standard InChI is InChI=1S/C45H87NO3/c1-3-5-7-9-11-13-15-17-19-21-23-25-27-29-31-33-35-37-39-41-45(49)46-43(42-47)44(48)40-38-36-34-32-30-28-26-24-22-20-18-16-14-12-10-8-6-4-2/h11,13,17,19,43-44,47-48H,3-10,12,14-16,18,20-42H2,1-2H3,(H,46,49)/b13-11-,19-17-. The van der Waals surface area contributed by atoms with Gasteiger partial charge in [-0.15, -0.1) is 0 Å². The van der Waals surface area contributed by atoms with Crippen LogP contribution in [0.3, 0.4) is 0 Å². The largest absolute Gasteiger partial charge is 0.394 e. The predicted molar refractivity (Wildman–Crippen MR) is 216 cm³/mol. The third-order valence-electron chi connectivity index (χ3n) is 10.2. The van der Waals surface area contributed by atoms with E-state index in [1.807, 2.05) is 0 Å². The molecule has 0 heterocycles. The molecule has 3 N–H and O–H groups in total. The van der Waals surface area contributed by atoms with Crippen LogP contribution in [0, 0.1) is 0 Å². The average Bonchev–Trinajstić information content (AvgIpc) is 3.10. The van der Waals surface area contributed by atoms with Gasteiger partial charge < -0.3 is 15.5 Å². The normalized spacial score (nSPS) is 13.1. The van der Waals surface area contributed by atoms with Gasteiger partial charge in [-0.25, -0.2) is 0 Å². The van der Waals surface area contributed by atoms with E-state index in [2.05, 4.69) is 43.5 Å². The van der Waals surface area contributed by atoms with Gasteiger partial charge in [0.25, 0.3) is 0 Å². The van der Waals surface area contributed by atoms with E-state index in [-0.39, 0.29) is 12.5 Å². The molecule has 0 rings (SSSR count). The van der Waals surface area contributed by atoms with E-state index in [0.717, 1.165) is 32.1 Å². The van der Waals surface area contributed by atoms with Gasteiger partial charge in [0.1, 0.15) is 0 Å². The number of nitrogens with one attached hydrogen (secondary N) is 1. The zero-order valence-corrected chi connectivity index (χ0v) is 33.2. The van der Waals surface area contributed by atoms with E-state index in [4.69, 9.17) is 0 Å². The molecule has 0 aliphatic carbocycles. The molecule has 2 atom stereocenters. The second-order valence-electron chi connectivity index (χ2n) is 15.1. The summed E-state index contributed by atoms with van der Waals surface area (Å²) < 4.78 is 0. The second-order valence-corrected chi connectivity index (χ2v) is 15.1. The van der Waals surface area contributed by atoms with Crippen LogP contribution in [0.5, 0.6) is 0 Å². The maximum absolute atomic E-state index is 12.4. The number of hydrogen-bond acceptors (Lipinski definition) is 3. The Hall–Kier alpha value is -1.13. The molecule has 290 valence electrons. The van der Waals surface area contributed by atoms with Crippen LogP contribution in [-0.2, 0) is 4.79 Å². The van der Waals surface area contributed by atoms with Gasteiger partial charge in [-0.3, -0.25) is 4.79 Å². The molecule has 0 aliphatic heterocycles. The number of carbonyl (C=O) groups is 1. The molecule has 0 aromatic rings. The molecule has 4 heteroatoms. The molecular weight excluding hydrogens is 602 g/mol. The van der Waals surface area contributed by atoms with Crippen molar-refractivity contribution in [1.29, 1.82) is 0 Å². The molecule has 0 aromatic heterocycles. The molecule has 2 unspecified atom stereocenters. The fourth-order valence-corrected chi connectivity index (χ4v) is 6.80. The lowest BCUT2D eigenvalue weighted by Gasteiger charge is -2.22. The quantitative estimate of drug-likeness (QED) is 0.0443.